The number of hydrogen-bond acceptors (Lipinski definition) is 7. The number of carbonyl (C=O) groups is 3. The van der Waals surface area contributed by atoms with Crippen molar-refractivity contribution in [3.8, 4) is 11.5 Å². The number of nitrogen functional groups attached to an aromatic ring is 1. The Morgan fingerprint density at radius 2 is 1.79 bits per heavy atom. The highest BCUT2D eigenvalue weighted by atomic mass is 16.5. The lowest BCUT2D eigenvalue weighted by atomic mass is 9.77. The molecule has 6 N–H and O–H groups in total. The van der Waals surface area contributed by atoms with E-state index in [9.17, 15) is 14.4 Å². The molecule has 39 heavy (non-hydrogen) atoms. The number of nitrogens with zero attached hydrogens (tertiary/aromatic N) is 1. The van der Waals surface area contributed by atoms with Gasteiger partial charge in [-0.2, -0.15) is 0 Å². The average molecular weight is 529 g/mol. The smallest absolute Gasteiger partial charge is 0.305 e. The van der Waals surface area contributed by atoms with Gasteiger partial charge in [-0.15, -0.1) is 0 Å². The van der Waals surface area contributed by atoms with Crippen LogP contribution >= 0.6 is 0 Å². The van der Waals surface area contributed by atoms with E-state index in [2.05, 4.69) is 5.32 Å². The van der Waals surface area contributed by atoms with Crippen molar-refractivity contribution in [2.75, 3.05) is 17.6 Å². The zero-order chi connectivity index (χ0) is 27.3. The number of likely N-dealkylation sites (tertiary alicyclic amines) is 1. The predicted molar refractivity (Wildman–Crippen MR) is 142 cm³/mol. The summed E-state index contributed by atoms with van der Waals surface area (Å²) in [7, 11) is 0. The molecule has 0 saturated carbocycles. The van der Waals surface area contributed by atoms with Gasteiger partial charge in [-0.3, -0.25) is 14.4 Å². The number of carboxylic acid groups (broad SMARTS) is 1. The number of nitrogens with one attached hydrogen (secondary N) is 1. The number of carbonyl (C=O) groups excluding carboxylic acids is 2. The molecule has 3 atom stereocenters. The molecule has 3 aromatic rings. The molecule has 3 aliphatic rings. The summed E-state index contributed by atoms with van der Waals surface area (Å²) in [6.45, 7) is 0.780. The van der Waals surface area contributed by atoms with Crippen molar-refractivity contribution in [2.24, 2.45) is 5.73 Å². The van der Waals surface area contributed by atoms with Gasteiger partial charge < -0.3 is 36.3 Å². The van der Waals surface area contributed by atoms with Crippen molar-refractivity contribution < 1.29 is 29.0 Å². The number of ether oxygens (including phenoxy) is 2. The van der Waals surface area contributed by atoms with Gasteiger partial charge in [-0.05, 0) is 48.2 Å². The van der Waals surface area contributed by atoms with Crippen molar-refractivity contribution in [1.29, 1.82) is 0 Å². The molecule has 0 aromatic heterocycles. The Labute approximate surface area is 224 Å². The van der Waals surface area contributed by atoms with Crippen molar-refractivity contribution >= 4 is 29.2 Å². The maximum atomic E-state index is 13.3. The third-order valence-corrected chi connectivity index (χ3v) is 7.62. The summed E-state index contributed by atoms with van der Waals surface area (Å²) in [4.78, 5) is 38.4. The summed E-state index contributed by atoms with van der Waals surface area (Å²) in [5, 5.41) is 11.9. The minimum Gasteiger partial charge on any atom is -0.481 e. The fraction of sp³-hybridized carbons (Fsp3) is 0.276. The second-order valence-corrected chi connectivity index (χ2v) is 10.1. The van der Waals surface area contributed by atoms with E-state index in [-0.39, 0.29) is 5.91 Å². The molecule has 200 valence electrons. The molecule has 6 rings (SSSR count). The predicted octanol–water partition coefficient (Wildman–Crippen LogP) is 2.93. The van der Waals surface area contributed by atoms with Crippen LogP contribution in [0.5, 0.6) is 11.5 Å². The van der Waals surface area contributed by atoms with Crippen LogP contribution < -0.4 is 21.5 Å². The summed E-state index contributed by atoms with van der Waals surface area (Å²) in [5.74, 6) is -0.994. The van der Waals surface area contributed by atoms with Crippen LogP contribution in [0.15, 0.2) is 60.7 Å². The number of anilines is 2. The first-order valence-electron chi connectivity index (χ1n) is 12.8. The molecule has 1 saturated heterocycles. The van der Waals surface area contributed by atoms with Crippen LogP contribution in [-0.4, -0.2) is 46.4 Å². The molecule has 2 amide bonds. The first kappa shape index (κ1) is 24.9. The number of fused-ring (bicyclic) bond motifs is 6. The Morgan fingerprint density at radius 3 is 2.59 bits per heavy atom. The number of nitrogens with two attached hydrogens (primary N) is 2. The molecule has 0 bridgehead atoms. The SMILES string of the molecule is Nc1ccc2c(c1)Oc1cc(NC(=O)[C@@H]3CCCN3C(=O)[C@@H](N)CC(=O)O)ccc1C21OCc2ccccc21. The molecular formula is C29H28N4O6. The lowest BCUT2D eigenvalue weighted by Gasteiger charge is -2.37. The van der Waals surface area contributed by atoms with E-state index in [0.29, 0.717) is 48.9 Å². The fourth-order valence-corrected chi connectivity index (χ4v) is 5.87. The lowest BCUT2D eigenvalue weighted by Crippen LogP contribution is -2.50. The Morgan fingerprint density at radius 1 is 1.05 bits per heavy atom. The van der Waals surface area contributed by atoms with E-state index >= 15 is 0 Å². The van der Waals surface area contributed by atoms with E-state index in [1.54, 1.807) is 18.2 Å². The second-order valence-electron chi connectivity index (χ2n) is 10.1. The van der Waals surface area contributed by atoms with Gasteiger partial charge in [0.2, 0.25) is 11.8 Å². The zero-order valence-electron chi connectivity index (χ0n) is 21.1. The Bertz CT molecular complexity index is 1510. The van der Waals surface area contributed by atoms with Crippen molar-refractivity contribution in [1.82, 2.24) is 4.90 Å². The largest absolute Gasteiger partial charge is 0.481 e. The van der Waals surface area contributed by atoms with Gasteiger partial charge in [-0.1, -0.05) is 24.3 Å². The third-order valence-electron chi connectivity index (χ3n) is 7.62. The van der Waals surface area contributed by atoms with Crippen LogP contribution in [0.25, 0.3) is 0 Å². The standard InChI is InChI=1S/C29H28N4O6/c30-17-7-9-20-24(12-17)39-25-13-18(8-10-21(25)29(20)19-5-2-1-4-16(19)15-38-29)32-27(36)23-6-3-11-33(23)28(37)22(31)14-26(34)35/h1-2,4-5,7-10,12-13,22-23H,3,6,11,14-15,30-31H2,(H,32,36)(H,34,35)/t22-,23-,29?/m0/s1. The molecule has 10 heteroatoms. The molecule has 0 radical (unpaired) electrons. The molecular weight excluding hydrogens is 500 g/mol. The normalized spacial score (nSPS) is 21.5. The first-order valence-corrected chi connectivity index (χ1v) is 12.8. The van der Waals surface area contributed by atoms with E-state index < -0.39 is 36.0 Å². The number of rotatable bonds is 5. The maximum absolute atomic E-state index is 13.3. The highest BCUT2D eigenvalue weighted by Gasteiger charge is 2.49. The summed E-state index contributed by atoms with van der Waals surface area (Å²) in [5.41, 5.74) is 15.8. The monoisotopic (exact) mass is 528 g/mol. The topological polar surface area (TPSA) is 157 Å². The van der Waals surface area contributed by atoms with Gasteiger partial charge in [-0.25, -0.2) is 0 Å². The number of amides is 2. The first-order chi connectivity index (χ1) is 18.8. The molecule has 0 aliphatic carbocycles. The number of hydrogen-bond donors (Lipinski definition) is 4. The van der Waals surface area contributed by atoms with Gasteiger partial charge >= 0.3 is 5.97 Å². The van der Waals surface area contributed by atoms with Gasteiger partial charge in [0.05, 0.1) is 19.1 Å². The quantitative estimate of drug-likeness (QED) is 0.368. The van der Waals surface area contributed by atoms with E-state index in [0.717, 1.165) is 22.3 Å². The van der Waals surface area contributed by atoms with E-state index in [4.69, 9.17) is 26.0 Å². The maximum Gasteiger partial charge on any atom is 0.305 e. The molecule has 1 fully saturated rings. The molecule has 1 unspecified atom stereocenters. The Balaban J connectivity index is 1.31. The Hall–Kier alpha value is -4.41. The van der Waals surface area contributed by atoms with Crippen molar-refractivity contribution in [2.45, 2.75) is 43.6 Å². The van der Waals surface area contributed by atoms with Gasteiger partial charge in [0, 0.05) is 41.2 Å². The van der Waals surface area contributed by atoms with E-state index in [1.807, 2.05) is 42.5 Å². The molecule has 3 heterocycles. The lowest BCUT2D eigenvalue weighted by molar-refractivity contribution is -0.143. The van der Waals surface area contributed by atoms with E-state index in [1.165, 1.54) is 4.90 Å². The number of aliphatic carboxylic acids is 1. The second kappa shape index (κ2) is 9.40. The van der Waals surface area contributed by atoms with Gasteiger partial charge in [0.25, 0.3) is 0 Å². The highest BCUT2D eigenvalue weighted by Crippen LogP contribution is 2.56. The van der Waals surface area contributed by atoms with Crippen LogP contribution in [0.2, 0.25) is 0 Å². The third kappa shape index (κ3) is 4.08. The van der Waals surface area contributed by atoms with Gasteiger partial charge in [0.1, 0.15) is 17.5 Å². The van der Waals surface area contributed by atoms with Crippen LogP contribution in [0.3, 0.4) is 0 Å². The van der Waals surface area contributed by atoms with Gasteiger partial charge in [0.15, 0.2) is 5.60 Å². The number of benzene rings is 3. The summed E-state index contributed by atoms with van der Waals surface area (Å²) < 4.78 is 12.8. The van der Waals surface area contributed by atoms with Crippen LogP contribution in [0.4, 0.5) is 11.4 Å². The summed E-state index contributed by atoms with van der Waals surface area (Å²) in [6.07, 6.45) is 0.582. The minimum absolute atomic E-state index is 0.342. The summed E-state index contributed by atoms with van der Waals surface area (Å²) >= 11 is 0. The molecule has 3 aromatic carbocycles. The van der Waals surface area contributed by atoms with Crippen LogP contribution in [0.1, 0.15) is 41.5 Å². The van der Waals surface area contributed by atoms with Crippen LogP contribution in [0, 0.1) is 0 Å². The van der Waals surface area contributed by atoms with Crippen molar-refractivity contribution in [3.63, 3.8) is 0 Å². The van der Waals surface area contributed by atoms with Crippen molar-refractivity contribution in [3.05, 3.63) is 82.9 Å². The zero-order valence-corrected chi connectivity index (χ0v) is 21.1. The molecule has 10 nitrogen and oxygen atoms in total. The summed E-state index contributed by atoms with van der Waals surface area (Å²) in [6, 6.07) is 17.0. The Kier molecular flexibility index (Phi) is 6.00. The molecule has 3 aliphatic heterocycles. The minimum atomic E-state index is -1.20. The highest BCUT2D eigenvalue weighted by molar-refractivity contribution is 5.99. The number of carboxylic acids is 1. The van der Waals surface area contributed by atoms with Crippen LogP contribution in [-0.2, 0) is 31.3 Å². The fourth-order valence-electron chi connectivity index (χ4n) is 5.87. The molecule has 1 spiro atoms. The average Bonchev–Trinajstić information content (AvgIpc) is 3.54.